The van der Waals surface area contributed by atoms with Crippen molar-refractivity contribution < 1.29 is 19.7 Å². The number of aromatic hydroxyl groups is 2. The van der Waals surface area contributed by atoms with Gasteiger partial charge in [-0.15, -0.1) is 0 Å². The second kappa shape index (κ2) is 16.7. The maximum Gasteiger partial charge on any atom is 0.410 e. The number of carbonyl (C=O) groups excluding carboxylic acids is 1. The van der Waals surface area contributed by atoms with Crippen molar-refractivity contribution in [2.75, 3.05) is 62.2 Å². The fourth-order valence-electron chi connectivity index (χ4n) is 6.86. The summed E-state index contributed by atoms with van der Waals surface area (Å²) in [6, 6.07) is 33.8. The minimum absolute atomic E-state index is 0.139. The maximum absolute atomic E-state index is 12.5. The van der Waals surface area contributed by atoms with Crippen LogP contribution in [0.25, 0.3) is 44.6 Å². The molecule has 2 fully saturated rings. The molecule has 9 rings (SSSR count). The van der Waals surface area contributed by atoms with Gasteiger partial charge >= 0.3 is 6.09 Å². The number of amides is 1. The summed E-state index contributed by atoms with van der Waals surface area (Å²) >= 11 is 0. The molecular formula is C43H41N9O4. The molecule has 1 amide bonds. The maximum atomic E-state index is 12.5. The van der Waals surface area contributed by atoms with Gasteiger partial charge in [-0.25, -0.2) is 24.7 Å². The van der Waals surface area contributed by atoms with Crippen molar-refractivity contribution >= 4 is 39.5 Å². The van der Waals surface area contributed by atoms with Crippen LogP contribution in [0.2, 0.25) is 0 Å². The zero-order chi connectivity index (χ0) is 38.3. The molecule has 2 aliphatic heterocycles. The fourth-order valence-corrected chi connectivity index (χ4v) is 6.86. The van der Waals surface area contributed by atoms with Gasteiger partial charge in [0.15, 0.2) is 11.6 Å². The number of rotatable bonds is 6. The summed E-state index contributed by atoms with van der Waals surface area (Å²) in [6.07, 6.45) is 3.03. The molecule has 7 aromatic rings. The molecule has 0 aliphatic carbocycles. The first-order valence-electron chi connectivity index (χ1n) is 18.6. The third-order valence-corrected chi connectivity index (χ3v) is 9.82. The number of phenolic OH excluding ortho intramolecular Hbond substituents is 2. The van der Waals surface area contributed by atoms with Crippen LogP contribution in [0.4, 0.5) is 16.4 Å². The van der Waals surface area contributed by atoms with Crippen LogP contribution >= 0.6 is 0 Å². The van der Waals surface area contributed by atoms with E-state index in [0.717, 1.165) is 65.2 Å². The van der Waals surface area contributed by atoms with E-state index in [9.17, 15) is 15.0 Å². The van der Waals surface area contributed by atoms with Gasteiger partial charge in [0.25, 0.3) is 0 Å². The lowest BCUT2D eigenvalue weighted by Crippen LogP contribution is -2.49. The minimum Gasteiger partial charge on any atom is -0.507 e. The Bertz CT molecular complexity index is 2450. The van der Waals surface area contributed by atoms with Crippen LogP contribution in [-0.2, 0) is 11.3 Å². The highest BCUT2D eigenvalue weighted by atomic mass is 16.6. The third-order valence-electron chi connectivity index (χ3n) is 9.82. The summed E-state index contributed by atoms with van der Waals surface area (Å²) in [7, 11) is 0. The molecule has 56 heavy (non-hydrogen) atoms. The Labute approximate surface area is 323 Å². The fraction of sp³-hybridized carbons (Fsp3) is 0.209. The summed E-state index contributed by atoms with van der Waals surface area (Å²) in [5.41, 5.74) is 3.85. The number of carbonyl (C=O) groups is 1. The van der Waals surface area contributed by atoms with E-state index in [2.05, 4.69) is 36.1 Å². The molecule has 0 unspecified atom stereocenters. The van der Waals surface area contributed by atoms with Crippen LogP contribution in [0.3, 0.4) is 0 Å². The van der Waals surface area contributed by atoms with Gasteiger partial charge in [-0.2, -0.15) is 0 Å². The largest absolute Gasteiger partial charge is 0.507 e. The predicted octanol–water partition coefficient (Wildman–Crippen LogP) is 6.27. The van der Waals surface area contributed by atoms with Crippen LogP contribution in [0, 0.1) is 0 Å². The SMILES string of the molecule is O=C(OCc1ccncc1)N1CCN(c2nc(-c3ccccc3O)nc3ccccc23)CC1.Oc1ccccc1-c1nc(N2CCNCC2)c2ccccc2n1. The molecule has 4 aromatic carbocycles. The quantitative estimate of drug-likeness (QED) is 0.176. The van der Waals surface area contributed by atoms with Gasteiger partial charge in [0.05, 0.1) is 22.2 Å². The molecule has 13 heteroatoms. The van der Waals surface area contributed by atoms with Gasteiger partial charge in [-0.05, 0) is 66.2 Å². The van der Waals surface area contributed by atoms with Crippen molar-refractivity contribution in [3.63, 3.8) is 0 Å². The highest BCUT2D eigenvalue weighted by Crippen LogP contribution is 2.33. The number of piperazine rings is 2. The predicted molar refractivity (Wildman–Crippen MR) is 217 cm³/mol. The second-order valence-corrected chi connectivity index (χ2v) is 13.4. The standard InChI is InChI=1S/C25H23N5O3.C18H18N4O/c31-22-8-4-2-6-20(22)23-27-21-7-3-1-5-19(21)24(28-23)29-13-15-30(16-14-29)25(32)33-17-18-9-11-26-12-10-18;23-16-8-4-2-6-14(16)17-20-15-7-3-1-5-13(15)18(21-17)22-11-9-19-10-12-22/h1-12,31H,13-17H2;1-8,19,23H,9-12H2. The number of hydrogen-bond donors (Lipinski definition) is 3. The van der Waals surface area contributed by atoms with Crippen LogP contribution in [0.5, 0.6) is 11.5 Å². The monoisotopic (exact) mass is 747 g/mol. The van der Waals surface area contributed by atoms with Gasteiger partial charge in [0.2, 0.25) is 0 Å². The Kier molecular flexibility index (Phi) is 10.7. The molecule has 0 atom stereocenters. The number of hydrogen-bond acceptors (Lipinski definition) is 12. The number of fused-ring (bicyclic) bond motifs is 2. The van der Waals surface area contributed by atoms with Crippen molar-refractivity contribution in [2.24, 2.45) is 0 Å². The summed E-state index contributed by atoms with van der Waals surface area (Å²) in [4.78, 5) is 41.6. The van der Waals surface area contributed by atoms with E-state index in [1.807, 2.05) is 72.8 Å². The zero-order valence-corrected chi connectivity index (χ0v) is 30.7. The molecule has 2 aliphatic rings. The van der Waals surface area contributed by atoms with Crippen LogP contribution in [0.1, 0.15) is 5.56 Å². The molecule has 0 saturated carbocycles. The van der Waals surface area contributed by atoms with E-state index in [4.69, 9.17) is 14.7 Å². The number of phenols is 2. The summed E-state index contributed by atoms with van der Waals surface area (Å²) in [6.45, 7) is 6.25. The van der Waals surface area contributed by atoms with Gasteiger partial charge in [-0.1, -0.05) is 48.5 Å². The summed E-state index contributed by atoms with van der Waals surface area (Å²) in [5, 5.41) is 25.8. The third kappa shape index (κ3) is 7.98. The number of pyridine rings is 1. The number of nitrogens with one attached hydrogen (secondary N) is 1. The minimum atomic E-state index is -0.325. The number of anilines is 2. The van der Waals surface area contributed by atoms with Crippen LogP contribution in [0.15, 0.2) is 122 Å². The van der Waals surface area contributed by atoms with Crippen LogP contribution in [-0.4, -0.2) is 98.5 Å². The number of benzene rings is 4. The van der Waals surface area contributed by atoms with E-state index >= 15 is 0 Å². The van der Waals surface area contributed by atoms with Crippen molar-refractivity contribution in [3.05, 3.63) is 127 Å². The summed E-state index contributed by atoms with van der Waals surface area (Å²) < 4.78 is 5.46. The molecule has 0 radical (unpaired) electrons. The average molecular weight is 748 g/mol. The molecule has 13 nitrogen and oxygen atoms in total. The van der Waals surface area contributed by atoms with E-state index in [1.54, 1.807) is 47.6 Å². The zero-order valence-electron chi connectivity index (χ0n) is 30.7. The summed E-state index contributed by atoms with van der Waals surface area (Å²) in [5.74, 6) is 3.12. The highest BCUT2D eigenvalue weighted by molar-refractivity contribution is 5.92. The lowest BCUT2D eigenvalue weighted by Gasteiger charge is -2.35. The van der Waals surface area contributed by atoms with Crippen molar-refractivity contribution in [3.8, 4) is 34.3 Å². The van der Waals surface area contributed by atoms with Gasteiger partial charge in [0, 0.05) is 75.5 Å². The Morgan fingerprint density at radius 2 is 1.07 bits per heavy atom. The topological polar surface area (TPSA) is 153 Å². The highest BCUT2D eigenvalue weighted by Gasteiger charge is 2.25. The average Bonchev–Trinajstić information content (AvgIpc) is 3.26. The van der Waals surface area contributed by atoms with Gasteiger partial charge < -0.3 is 35.0 Å². The van der Waals surface area contributed by atoms with Gasteiger partial charge in [0.1, 0.15) is 29.7 Å². The van der Waals surface area contributed by atoms with Crippen molar-refractivity contribution in [1.29, 1.82) is 0 Å². The van der Waals surface area contributed by atoms with E-state index < -0.39 is 0 Å². The number of aromatic nitrogens is 5. The first-order valence-corrected chi connectivity index (χ1v) is 18.6. The lowest BCUT2D eigenvalue weighted by molar-refractivity contribution is 0.0941. The molecular weight excluding hydrogens is 707 g/mol. The first kappa shape index (κ1) is 36.1. The number of ether oxygens (including phenoxy) is 1. The van der Waals surface area contributed by atoms with Crippen molar-refractivity contribution in [1.82, 2.24) is 35.1 Å². The molecule has 3 N–H and O–H groups in total. The Balaban J connectivity index is 0.000000168. The first-order chi connectivity index (χ1) is 27.5. The molecule has 5 heterocycles. The van der Waals surface area contributed by atoms with Gasteiger partial charge in [-0.3, -0.25) is 4.98 Å². The Hall–Kier alpha value is -6.86. The van der Waals surface area contributed by atoms with E-state index in [-0.39, 0.29) is 24.2 Å². The molecule has 3 aromatic heterocycles. The van der Waals surface area contributed by atoms with E-state index in [0.29, 0.717) is 49.0 Å². The smallest absolute Gasteiger partial charge is 0.410 e. The molecule has 282 valence electrons. The second-order valence-electron chi connectivity index (χ2n) is 13.4. The lowest BCUT2D eigenvalue weighted by atomic mass is 10.1. The molecule has 0 spiro atoms. The molecule has 0 bridgehead atoms. The Morgan fingerprint density at radius 3 is 1.61 bits per heavy atom. The number of nitrogens with zero attached hydrogens (tertiary/aromatic N) is 8. The molecule has 2 saturated heterocycles. The van der Waals surface area contributed by atoms with E-state index in [1.165, 1.54) is 0 Å². The Morgan fingerprint density at radius 1 is 0.589 bits per heavy atom. The van der Waals surface area contributed by atoms with Crippen molar-refractivity contribution in [2.45, 2.75) is 6.61 Å². The normalized spacial score (nSPS) is 14.3. The van der Waals surface area contributed by atoms with Crippen LogP contribution < -0.4 is 15.1 Å². The number of para-hydroxylation sites is 4.